The molecule has 4 heteroatoms. The highest BCUT2D eigenvalue weighted by Gasteiger charge is 2.12. The number of aryl methyl sites for hydroxylation is 1. The van der Waals surface area contributed by atoms with E-state index in [0.717, 1.165) is 37.4 Å². The first-order valence-electron chi connectivity index (χ1n) is 6.18. The molecule has 1 aliphatic heterocycles. The molecule has 0 bridgehead atoms. The summed E-state index contributed by atoms with van der Waals surface area (Å²) in [6.45, 7) is 4.32. The maximum atomic E-state index is 4.20. The van der Waals surface area contributed by atoms with Crippen LogP contribution in [0.15, 0.2) is 12.1 Å². The van der Waals surface area contributed by atoms with Crippen LogP contribution in [0, 0.1) is 0 Å². The molecule has 1 unspecified atom stereocenters. The molecule has 1 fully saturated rings. The van der Waals surface area contributed by atoms with E-state index in [1.54, 1.807) is 0 Å². The number of nitrogens with one attached hydrogen (secondary N) is 2. The van der Waals surface area contributed by atoms with Crippen molar-refractivity contribution >= 4 is 5.82 Å². The van der Waals surface area contributed by atoms with Crippen molar-refractivity contribution in [3.8, 4) is 0 Å². The number of nitrogens with zero attached hydrogens (tertiary/aromatic N) is 2. The van der Waals surface area contributed by atoms with E-state index in [4.69, 9.17) is 0 Å². The van der Waals surface area contributed by atoms with Gasteiger partial charge in [0.1, 0.15) is 5.82 Å². The fourth-order valence-corrected chi connectivity index (χ4v) is 2.01. The van der Waals surface area contributed by atoms with E-state index in [0.29, 0.717) is 6.04 Å². The van der Waals surface area contributed by atoms with Crippen LogP contribution in [-0.4, -0.2) is 29.3 Å². The van der Waals surface area contributed by atoms with Gasteiger partial charge < -0.3 is 10.6 Å². The van der Waals surface area contributed by atoms with Gasteiger partial charge in [-0.15, -0.1) is 5.10 Å². The van der Waals surface area contributed by atoms with Gasteiger partial charge in [-0.3, -0.25) is 0 Å². The quantitative estimate of drug-likeness (QED) is 0.809. The number of anilines is 1. The summed E-state index contributed by atoms with van der Waals surface area (Å²) in [4.78, 5) is 0. The highest BCUT2D eigenvalue weighted by molar-refractivity contribution is 5.34. The summed E-state index contributed by atoms with van der Waals surface area (Å²) < 4.78 is 0. The second-order valence-electron chi connectivity index (χ2n) is 4.35. The van der Waals surface area contributed by atoms with E-state index in [-0.39, 0.29) is 0 Å². The molecule has 1 aromatic heterocycles. The predicted octanol–water partition coefficient (Wildman–Crippen LogP) is 1.59. The topological polar surface area (TPSA) is 49.8 Å². The summed E-state index contributed by atoms with van der Waals surface area (Å²) in [6, 6.07) is 4.60. The summed E-state index contributed by atoms with van der Waals surface area (Å²) in [5.74, 6) is 0.897. The van der Waals surface area contributed by atoms with Crippen molar-refractivity contribution in [3.63, 3.8) is 0 Å². The van der Waals surface area contributed by atoms with Crippen molar-refractivity contribution in [1.29, 1.82) is 0 Å². The molecular formula is C12H20N4. The Kier molecular flexibility index (Phi) is 4.10. The van der Waals surface area contributed by atoms with E-state index in [9.17, 15) is 0 Å². The second-order valence-corrected chi connectivity index (χ2v) is 4.35. The zero-order valence-electron chi connectivity index (χ0n) is 9.87. The van der Waals surface area contributed by atoms with Crippen molar-refractivity contribution in [3.05, 3.63) is 17.8 Å². The van der Waals surface area contributed by atoms with Crippen LogP contribution >= 0.6 is 0 Å². The van der Waals surface area contributed by atoms with Crippen molar-refractivity contribution < 1.29 is 0 Å². The third kappa shape index (κ3) is 3.17. The molecule has 0 radical (unpaired) electrons. The van der Waals surface area contributed by atoms with Crippen molar-refractivity contribution in [1.82, 2.24) is 15.5 Å². The Morgan fingerprint density at radius 2 is 2.38 bits per heavy atom. The first-order chi connectivity index (χ1) is 7.88. The van der Waals surface area contributed by atoms with E-state index >= 15 is 0 Å². The Labute approximate surface area is 96.9 Å². The lowest BCUT2D eigenvalue weighted by atomic mass is 10.1. The van der Waals surface area contributed by atoms with Crippen LogP contribution in [0.3, 0.4) is 0 Å². The minimum absolute atomic E-state index is 0.500. The Bertz CT molecular complexity index is 303. The summed E-state index contributed by atoms with van der Waals surface area (Å²) in [5.41, 5.74) is 1.08. The monoisotopic (exact) mass is 220 g/mol. The summed E-state index contributed by atoms with van der Waals surface area (Å²) in [5, 5.41) is 15.2. The summed E-state index contributed by atoms with van der Waals surface area (Å²) in [7, 11) is 0. The fraction of sp³-hybridized carbons (Fsp3) is 0.667. The number of hydrogen-bond acceptors (Lipinski definition) is 4. The SMILES string of the molecule is CCCc1ccc(NC2CCCNC2)nn1. The first kappa shape index (κ1) is 11.3. The molecule has 2 heterocycles. The molecule has 2 rings (SSSR count). The Balaban J connectivity index is 1.88. The molecule has 0 aliphatic carbocycles. The molecule has 0 amide bonds. The van der Waals surface area contributed by atoms with Gasteiger partial charge in [0.05, 0.1) is 5.69 Å². The Hall–Kier alpha value is -1.16. The summed E-state index contributed by atoms with van der Waals surface area (Å²) >= 11 is 0. The van der Waals surface area contributed by atoms with Gasteiger partial charge in [0, 0.05) is 12.6 Å². The molecule has 1 saturated heterocycles. The lowest BCUT2D eigenvalue weighted by molar-refractivity contribution is 0.478. The van der Waals surface area contributed by atoms with Crippen molar-refractivity contribution in [2.24, 2.45) is 0 Å². The zero-order chi connectivity index (χ0) is 11.2. The maximum absolute atomic E-state index is 4.20. The number of piperidine rings is 1. The van der Waals surface area contributed by atoms with Crippen LogP contribution in [0.1, 0.15) is 31.9 Å². The van der Waals surface area contributed by atoms with Gasteiger partial charge in [0.15, 0.2) is 0 Å². The Morgan fingerprint density at radius 1 is 1.44 bits per heavy atom. The molecule has 1 aromatic rings. The average molecular weight is 220 g/mol. The zero-order valence-corrected chi connectivity index (χ0v) is 9.87. The van der Waals surface area contributed by atoms with Gasteiger partial charge in [0.25, 0.3) is 0 Å². The molecule has 1 aliphatic rings. The van der Waals surface area contributed by atoms with E-state index in [2.05, 4.69) is 33.8 Å². The predicted molar refractivity (Wildman–Crippen MR) is 65.5 cm³/mol. The molecule has 0 aromatic carbocycles. The van der Waals surface area contributed by atoms with Gasteiger partial charge in [-0.25, -0.2) is 0 Å². The van der Waals surface area contributed by atoms with E-state index in [1.165, 1.54) is 12.8 Å². The van der Waals surface area contributed by atoms with Gasteiger partial charge in [-0.05, 0) is 37.9 Å². The van der Waals surface area contributed by atoms with Crippen LogP contribution < -0.4 is 10.6 Å². The third-order valence-corrected chi connectivity index (χ3v) is 2.87. The number of rotatable bonds is 4. The van der Waals surface area contributed by atoms with Crippen LogP contribution in [0.2, 0.25) is 0 Å². The molecule has 4 nitrogen and oxygen atoms in total. The second kappa shape index (κ2) is 5.80. The van der Waals surface area contributed by atoms with Crippen LogP contribution in [0.5, 0.6) is 0 Å². The van der Waals surface area contributed by atoms with Crippen LogP contribution in [0.4, 0.5) is 5.82 Å². The first-order valence-corrected chi connectivity index (χ1v) is 6.18. The van der Waals surface area contributed by atoms with Gasteiger partial charge >= 0.3 is 0 Å². The Morgan fingerprint density at radius 3 is 3.00 bits per heavy atom. The molecular weight excluding hydrogens is 200 g/mol. The third-order valence-electron chi connectivity index (χ3n) is 2.87. The molecule has 0 saturated carbocycles. The molecule has 16 heavy (non-hydrogen) atoms. The minimum Gasteiger partial charge on any atom is -0.365 e. The highest BCUT2D eigenvalue weighted by atomic mass is 15.2. The number of hydrogen-bond donors (Lipinski definition) is 2. The lowest BCUT2D eigenvalue weighted by Gasteiger charge is -2.23. The lowest BCUT2D eigenvalue weighted by Crippen LogP contribution is -2.38. The maximum Gasteiger partial charge on any atom is 0.148 e. The highest BCUT2D eigenvalue weighted by Crippen LogP contribution is 2.09. The van der Waals surface area contributed by atoms with E-state index < -0.39 is 0 Å². The largest absolute Gasteiger partial charge is 0.365 e. The molecule has 88 valence electrons. The standard InChI is InChI=1S/C12H20N4/c1-2-4-10-6-7-12(16-15-10)14-11-5-3-8-13-9-11/h6-7,11,13H,2-5,8-9H2,1H3,(H,14,16). The average Bonchev–Trinajstić information content (AvgIpc) is 2.33. The van der Waals surface area contributed by atoms with Gasteiger partial charge in [-0.2, -0.15) is 5.10 Å². The molecule has 0 spiro atoms. The summed E-state index contributed by atoms with van der Waals surface area (Å²) in [6.07, 6.45) is 4.58. The van der Waals surface area contributed by atoms with Crippen molar-refractivity contribution in [2.45, 2.75) is 38.6 Å². The van der Waals surface area contributed by atoms with Crippen LogP contribution in [-0.2, 0) is 6.42 Å². The minimum atomic E-state index is 0.500. The normalized spacial score (nSPS) is 20.7. The van der Waals surface area contributed by atoms with Crippen LogP contribution in [0.25, 0.3) is 0 Å². The van der Waals surface area contributed by atoms with E-state index in [1.807, 2.05) is 6.07 Å². The molecule has 1 atom stereocenters. The molecule has 2 N–H and O–H groups in total. The smallest absolute Gasteiger partial charge is 0.148 e. The van der Waals surface area contributed by atoms with Crippen molar-refractivity contribution in [2.75, 3.05) is 18.4 Å². The number of aromatic nitrogens is 2. The van der Waals surface area contributed by atoms with Gasteiger partial charge in [-0.1, -0.05) is 13.3 Å². The van der Waals surface area contributed by atoms with Gasteiger partial charge in [0.2, 0.25) is 0 Å². The fourth-order valence-electron chi connectivity index (χ4n) is 2.01.